The zero-order valence-corrected chi connectivity index (χ0v) is 12.0. The molecule has 2 N–H and O–H groups in total. The second kappa shape index (κ2) is 6.63. The lowest BCUT2D eigenvalue weighted by Gasteiger charge is -2.09. The molecule has 1 heterocycles. The van der Waals surface area contributed by atoms with Crippen molar-refractivity contribution >= 4 is 39.2 Å². The van der Waals surface area contributed by atoms with Crippen LogP contribution in [0.3, 0.4) is 0 Å². The zero-order valence-electron chi connectivity index (χ0n) is 11.2. The molecule has 0 aliphatic carbocycles. The minimum Gasteiger partial charge on any atom is -0.453 e. The Labute approximate surface area is 128 Å². The van der Waals surface area contributed by atoms with Crippen LogP contribution in [-0.4, -0.2) is 29.0 Å². The lowest BCUT2D eigenvalue weighted by atomic mass is 10.1. The van der Waals surface area contributed by atoms with Crippen LogP contribution in [0.15, 0.2) is 30.5 Å². The minimum absolute atomic E-state index is 0.0876. The van der Waals surface area contributed by atoms with Gasteiger partial charge in [0.15, 0.2) is 5.13 Å². The van der Waals surface area contributed by atoms with Gasteiger partial charge in [-0.1, -0.05) is 12.1 Å². The van der Waals surface area contributed by atoms with Crippen molar-refractivity contribution in [1.29, 1.82) is 0 Å². The highest BCUT2D eigenvalue weighted by Gasteiger charge is 2.17. The molecule has 0 unspecified atom stereocenters. The first kappa shape index (κ1) is 15.4. The number of nitro groups is 1. The molecule has 0 radical (unpaired) electrons. The summed E-state index contributed by atoms with van der Waals surface area (Å²) in [5.74, 6) is -0.559. The summed E-state index contributed by atoms with van der Waals surface area (Å²) in [6.45, 7) is 0. The minimum atomic E-state index is -0.717. The van der Waals surface area contributed by atoms with Gasteiger partial charge < -0.3 is 4.74 Å². The number of ether oxygens (including phenoxy) is 1. The van der Waals surface area contributed by atoms with E-state index in [-0.39, 0.29) is 21.4 Å². The number of aromatic nitrogens is 1. The summed E-state index contributed by atoms with van der Waals surface area (Å²) in [7, 11) is 1.20. The Morgan fingerprint density at radius 2 is 2.05 bits per heavy atom. The van der Waals surface area contributed by atoms with Crippen LogP contribution in [0.5, 0.6) is 0 Å². The molecule has 0 aliphatic heterocycles. The van der Waals surface area contributed by atoms with E-state index in [9.17, 15) is 19.7 Å². The lowest BCUT2D eigenvalue weighted by molar-refractivity contribution is -0.380. The van der Waals surface area contributed by atoms with Gasteiger partial charge >= 0.3 is 11.1 Å². The number of methoxy groups -OCH3 is 1. The molecule has 0 saturated carbocycles. The molecule has 0 fully saturated rings. The Hall–Kier alpha value is -3.01. The van der Waals surface area contributed by atoms with E-state index < -0.39 is 16.9 Å². The van der Waals surface area contributed by atoms with Crippen LogP contribution < -0.4 is 10.6 Å². The largest absolute Gasteiger partial charge is 0.453 e. The number of nitrogens with zero attached hydrogens (tertiary/aromatic N) is 2. The topological polar surface area (TPSA) is 123 Å². The molecule has 9 nitrogen and oxygen atoms in total. The maximum absolute atomic E-state index is 12.2. The van der Waals surface area contributed by atoms with E-state index in [2.05, 4.69) is 20.4 Å². The highest BCUT2D eigenvalue weighted by molar-refractivity contribution is 7.18. The number of nitrogens with one attached hydrogen (secondary N) is 2. The highest BCUT2D eigenvalue weighted by atomic mass is 32.1. The molecule has 2 rings (SSSR count). The average Bonchev–Trinajstić information content (AvgIpc) is 2.96. The number of rotatable bonds is 4. The molecule has 22 heavy (non-hydrogen) atoms. The predicted octanol–water partition coefficient (Wildman–Crippen LogP) is 2.48. The van der Waals surface area contributed by atoms with Crippen LogP contribution in [0, 0.1) is 10.1 Å². The van der Waals surface area contributed by atoms with Crippen LogP contribution >= 0.6 is 11.3 Å². The fraction of sp³-hybridized carbons (Fsp3) is 0.0833. The predicted molar refractivity (Wildman–Crippen MR) is 79.2 cm³/mol. The summed E-state index contributed by atoms with van der Waals surface area (Å²) in [4.78, 5) is 37.1. The van der Waals surface area contributed by atoms with E-state index >= 15 is 0 Å². The summed E-state index contributed by atoms with van der Waals surface area (Å²) in [6.07, 6.45) is 0.337. The van der Waals surface area contributed by atoms with Gasteiger partial charge in [0.2, 0.25) is 0 Å². The van der Waals surface area contributed by atoms with Crippen LogP contribution in [0.4, 0.5) is 20.6 Å². The molecule has 0 spiro atoms. The Morgan fingerprint density at radius 1 is 1.32 bits per heavy atom. The Kier molecular flexibility index (Phi) is 4.63. The number of carbonyl (C=O) groups excluding carboxylic acids is 2. The van der Waals surface area contributed by atoms with Crippen molar-refractivity contribution in [3.05, 3.63) is 46.1 Å². The SMILES string of the molecule is COC(=O)Nc1ccccc1C(=O)Nc1ncc([N+](=O)[O-])s1. The van der Waals surface area contributed by atoms with Gasteiger partial charge in [0, 0.05) is 0 Å². The first-order chi connectivity index (χ1) is 10.5. The van der Waals surface area contributed by atoms with Crippen molar-refractivity contribution in [2.45, 2.75) is 0 Å². The molecule has 1 aromatic carbocycles. The van der Waals surface area contributed by atoms with Crippen LogP contribution in [-0.2, 0) is 4.74 Å². The number of hydrogen-bond acceptors (Lipinski definition) is 7. The Bertz CT molecular complexity index is 730. The standard InChI is InChI=1S/C12H10N4O5S/c1-21-12(18)14-8-5-3-2-4-7(8)10(17)15-11-13-6-9(22-11)16(19)20/h2-6H,1H3,(H,14,18)(H,13,15,17). The lowest BCUT2D eigenvalue weighted by Crippen LogP contribution is -2.17. The molecule has 0 saturated heterocycles. The normalized spacial score (nSPS) is 9.86. The maximum Gasteiger partial charge on any atom is 0.411 e. The molecule has 0 bridgehead atoms. The van der Waals surface area contributed by atoms with Crippen LogP contribution in [0.25, 0.3) is 0 Å². The van der Waals surface area contributed by atoms with E-state index in [1.165, 1.54) is 19.2 Å². The summed E-state index contributed by atoms with van der Waals surface area (Å²) in [5.41, 5.74) is 0.420. The monoisotopic (exact) mass is 322 g/mol. The zero-order chi connectivity index (χ0) is 16.1. The van der Waals surface area contributed by atoms with Crippen molar-refractivity contribution < 1.29 is 19.2 Å². The number of thiazole rings is 1. The summed E-state index contributed by atoms with van der Waals surface area (Å²) in [5, 5.41) is 15.3. The van der Waals surface area contributed by atoms with Crippen molar-refractivity contribution in [2.24, 2.45) is 0 Å². The Balaban J connectivity index is 2.18. The maximum atomic E-state index is 12.2. The van der Waals surface area contributed by atoms with Gasteiger partial charge in [0.25, 0.3) is 5.91 Å². The molecule has 1 aromatic heterocycles. The van der Waals surface area contributed by atoms with Crippen molar-refractivity contribution in [3.8, 4) is 0 Å². The molecule has 0 aliphatic rings. The second-order valence-electron chi connectivity index (χ2n) is 3.88. The van der Waals surface area contributed by atoms with Crippen molar-refractivity contribution in [1.82, 2.24) is 4.98 Å². The summed E-state index contributed by atoms with van der Waals surface area (Å²) in [6, 6.07) is 6.26. The molecule has 114 valence electrons. The number of benzene rings is 1. The molecule has 2 amide bonds. The van der Waals surface area contributed by atoms with E-state index in [1.807, 2.05) is 0 Å². The molecule has 2 aromatic rings. The molecule has 0 atom stereocenters. The van der Waals surface area contributed by atoms with Crippen LogP contribution in [0.2, 0.25) is 0 Å². The average molecular weight is 322 g/mol. The van der Waals surface area contributed by atoms with E-state index in [4.69, 9.17) is 0 Å². The summed E-state index contributed by atoms with van der Waals surface area (Å²) < 4.78 is 4.47. The number of hydrogen-bond donors (Lipinski definition) is 2. The fourth-order valence-electron chi connectivity index (χ4n) is 1.52. The Morgan fingerprint density at radius 3 is 2.68 bits per heavy atom. The van der Waals surface area contributed by atoms with Gasteiger partial charge in [0.1, 0.15) is 6.20 Å². The van der Waals surface area contributed by atoms with E-state index in [1.54, 1.807) is 12.1 Å². The third-order valence-corrected chi connectivity index (χ3v) is 3.35. The quantitative estimate of drug-likeness (QED) is 0.658. The third-order valence-electron chi connectivity index (χ3n) is 2.49. The number of para-hydroxylation sites is 1. The summed E-state index contributed by atoms with van der Waals surface area (Å²) >= 11 is 0.734. The molecular weight excluding hydrogens is 312 g/mol. The number of anilines is 2. The second-order valence-corrected chi connectivity index (χ2v) is 4.89. The van der Waals surface area contributed by atoms with Gasteiger partial charge in [-0.2, -0.15) is 0 Å². The fourth-order valence-corrected chi connectivity index (χ4v) is 2.15. The first-order valence-corrected chi connectivity index (χ1v) is 6.68. The van der Waals surface area contributed by atoms with Crippen molar-refractivity contribution in [2.75, 3.05) is 17.7 Å². The van der Waals surface area contributed by atoms with Gasteiger partial charge in [-0.05, 0) is 23.5 Å². The number of amides is 2. The van der Waals surface area contributed by atoms with E-state index in [0.29, 0.717) is 0 Å². The molecular formula is C12H10N4O5S. The van der Waals surface area contributed by atoms with Crippen molar-refractivity contribution in [3.63, 3.8) is 0 Å². The molecule has 10 heteroatoms. The first-order valence-electron chi connectivity index (χ1n) is 5.87. The highest BCUT2D eigenvalue weighted by Crippen LogP contribution is 2.26. The van der Waals surface area contributed by atoms with Gasteiger partial charge in [-0.3, -0.25) is 25.5 Å². The smallest absolute Gasteiger partial charge is 0.411 e. The third kappa shape index (κ3) is 3.55. The van der Waals surface area contributed by atoms with Gasteiger partial charge in [0.05, 0.1) is 23.3 Å². The van der Waals surface area contributed by atoms with E-state index in [0.717, 1.165) is 17.5 Å². The van der Waals surface area contributed by atoms with Gasteiger partial charge in [-0.25, -0.2) is 9.78 Å². The van der Waals surface area contributed by atoms with Gasteiger partial charge in [-0.15, -0.1) is 0 Å². The van der Waals surface area contributed by atoms with Crippen LogP contribution in [0.1, 0.15) is 10.4 Å². The number of carbonyl (C=O) groups is 2.